The van der Waals surface area contributed by atoms with Gasteiger partial charge >= 0.3 is 0 Å². The molecule has 1 aromatic carbocycles. The van der Waals surface area contributed by atoms with E-state index in [1.165, 1.54) is 36.8 Å². The molecule has 1 heterocycles. The summed E-state index contributed by atoms with van der Waals surface area (Å²) >= 11 is 0. The van der Waals surface area contributed by atoms with Crippen molar-refractivity contribution in [2.45, 2.75) is 66.2 Å². The van der Waals surface area contributed by atoms with Crippen molar-refractivity contribution in [2.24, 2.45) is 16.7 Å². The second-order valence-corrected chi connectivity index (χ2v) is 9.44. The van der Waals surface area contributed by atoms with Crippen molar-refractivity contribution >= 4 is 6.29 Å². The molecule has 0 bridgehead atoms. The van der Waals surface area contributed by atoms with Crippen LogP contribution in [0.5, 0.6) is 17.2 Å². The molecule has 1 aromatic rings. The van der Waals surface area contributed by atoms with Crippen LogP contribution in [0.2, 0.25) is 0 Å². The number of hydrogen-bond donors (Lipinski definition) is 1. The lowest BCUT2D eigenvalue weighted by molar-refractivity contribution is 0.0112. The normalized spacial score (nSPS) is 28.8. The van der Waals surface area contributed by atoms with Gasteiger partial charge in [-0.25, -0.2) is 0 Å². The van der Waals surface area contributed by atoms with Gasteiger partial charge in [0.15, 0.2) is 17.8 Å². The van der Waals surface area contributed by atoms with E-state index in [9.17, 15) is 9.90 Å². The third kappa shape index (κ3) is 2.76. The van der Waals surface area contributed by atoms with Gasteiger partial charge in [-0.15, -0.1) is 0 Å². The van der Waals surface area contributed by atoms with Gasteiger partial charge in [0.25, 0.3) is 0 Å². The topological polar surface area (TPSA) is 55.8 Å². The molecular weight excluding hydrogens is 340 g/mol. The van der Waals surface area contributed by atoms with Gasteiger partial charge in [-0.05, 0) is 61.8 Å². The van der Waals surface area contributed by atoms with E-state index in [1.54, 1.807) is 0 Å². The van der Waals surface area contributed by atoms with E-state index >= 15 is 0 Å². The van der Waals surface area contributed by atoms with Crippen molar-refractivity contribution in [2.75, 3.05) is 6.79 Å². The summed E-state index contributed by atoms with van der Waals surface area (Å²) in [5.41, 5.74) is 4.34. The quantitative estimate of drug-likeness (QED) is 0.570. The first-order chi connectivity index (χ1) is 12.8. The van der Waals surface area contributed by atoms with E-state index in [0.717, 1.165) is 12.0 Å². The molecule has 27 heavy (non-hydrogen) atoms. The Morgan fingerprint density at radius 3 is 2.78 bits per heavy atom. The Morgan fingerprint density at radius 1 is 1.26 bits per heavy atom. The molecule has 4 nitrogen and oxygen atoms in total. The SMILES string of the molecule is CC1=C(Cc2cc3c(c(C=O)c2O)OCO3)[C@@]2(C)CCCC(C)(C)[C@@H]2CC1. The first-order valence-corrected chi connectivity index (χ1v) is 10.1. The van der Waals surface area contributed by atoms with E-state index in [-0.39, 0.29) is 23.5 Å². The number of carbonyl (C=O) groups excluding carboxylic acids is 1. The van der Waals surface area contributed by atoms with Crippen LogP contribution in [0.4, 0.5) is 0 Å². The average molecular weight is 370 g/mol. The average Bonchev–Trinajstić information content (AvgIpc) is 3.05. The number of allylic oxidation sites excluding steroid dienone is 2. The smallest absolute Gasteiger partial charge is 0.231 e. The molecule has 1 aliphatic heterocycles. The summed E-state index contributed by atoms with van der Waals surface area (Å²) in [5.74, 6) is 1.61. The fourth-order valence-electron chi connectivity index (χ4n) is 6.09. The van der Waals surface area contributed by atoms with Gasteiger partial charge in [0.2, 0.25) is 6.79 Å². The molecule has 0 amide bonds. The second kappa shape index (κ2) is 6.29. The molecule has 2 atom stereocenters. The molecule has 4 rings (SSSR count). The molecule has 0 spiro atoms. The van der Waals surface area contributed by atoms with Crippen LogP contribution in [0.3, 0.4) is 0 Å². The zero-order valence-electron chi connectivity index (χ0n) is 16.9. The predicted octanol–water partition coefficient (Wildman–Crippen LogP) is 5.42. The van der Waals surface area contributed by atoms with E-state index in [2.05, 4.69) is 27.7 Å². The number of phenolic OH excluding ortho intramolecular Hbond substituents is 1. The largest absolute Gasteiger partial charge is 0.507 e. The van der Waals surface area contributed by atoms with Crippen LogP contribution in [-0.2, 0) is 6.42 Å². The van der Waals surface area contributed by atoms with E-state index in [4.69, 9.17) is 9.47 Å². The Morgan fingerprint density at radius 2 is 2.04 bits per heavy atom. The summed E-state index contributed by atoms with van der Waals surface area (Å²) in [4.78, 5) is 11.6. The number of carbonyl (C=O) groups is 1. The summed E-state index contributed by atoms with van der Waals surface area (Å²) < 4.78 is 10.9. The number of fused-ring (bicyclic) bond motifs is 2. The van der Waals surface area contributed by atoms with Gasteiger partial charge in [-0.2, -0.15) is 0 Å². The Labute approximate surface area is 161 Å². The summed E-state index contributed by atoms with van der Waals surface area (Å²) in [6.07, 6.45) is 7.41. The van der Waals surface area contributed by atoms with Gasteiger partial charge in [-0.3, -0.25) is 4.79 Å². The number of benzene rings is 1. The Hall–Kier alpha value is -1.97. The standard InChI is InChI=1S/C23H30O4/c1-14-6-7-19-22(2,3)8-5-9-23(19,4)17(14)10-15-11-18-21(27-13-26-18)16(12-24)20(15)25/h11-12,19,25H,5-10,13H2,1-4H3/t19-,23+/m0/s1. The Kier molecular flexibility index (Phi) is 4.28. The zero-order valence-corrected chi connectivity index (χ0v) is 16.9. The predicted molar refractivity (Wildman–Crippen MR) is 104 cm³/mol. The highest BCUT2D eigenvalue weighted by molar-refractivity contribution is 5.86. The van der Waals surface area contributed by atoms with Gasteiger partial charge in [0, 0.05) is 5.56 Å². The number of aldehydes is 1. The van der Waals surface area contributed by atoms with Crippen molar-refractivity contribution in [1.29, 1.82) is 0 Å². The molecule has 4 heteroatoms. The van der Waals surface area contributed by atoms with Crippen LogP contribution >= 0.6 is 0 Å². The Balaban J connectivity index is 1.77. The highest BCUT2D eigenvalue weighted by atomic mass is 16.7. The fraction of sp³-hybridized carbons (Fsp3) is 0.609. The van der Waals surface area contributed by atoms with E-state index < -0.39 is 0 Å². The Bertz CT molecular complexity index is 820. The summed E-state index contributed by atoms with van der Waals surface area (Å²) in [5, 5.41) is 10.8. The highest BCUT2D eigenvalue weighted by Gasteiger charge is 2.50. The lowest BCUT2D eigenvalue weighted by Gasteiger charge is -2.55. The molecule has 1 saturated carbocycles. The number of rotatable bonds is 3. The van der Waals surface area contributed by atoms with Crippen LogP contribution in [0.1, 0.15) is 75.7 Å². The zero-order chi connectivity index (χ0) is 19.4. The van der Waals surface area contributed by atoms with Crippen LogP contribution in [0, 0.1) is 16.7 Å². The van der Waals surface area contributed by atoms with E-state index in [0.29, 0.717) is 35.5 Å². The molecule has 0 aromatic heterocycles. The lowest BCUT2D eigenvalue weighted by atomic mass is 9.50. The van der Waals surface area contributed by atoms with Crippen LogP contribution < -0.4 is 9.47 Å². The van der Waals surface area contributed by atoms with Gasteiger partial charge in [0.1, 0.15) is 11.3 Å². The van der Waals surface area contributed by atoms with Gasteiger partial charge in [0.05, 0.1) is 0 Å². The number of phenols is 1. The van der Waals surface area contributed by atoms with Crippen LogP contribution in [0.25, 0.3) is 0 Å². The number of ether oxygens (including phenoxy) is 2. The van der Waals surface area contributed by atoms with E-state index in [1.807, 2.05) is 6.07 Å². The molecule has 1 fully saturated rings. The second-order valence-electron chi connectivity index (χ2n) is 9.44. The molecule has 3 aliphatic rings. The molecule has 1 N–H and O–H groups in total. The first kappa shape index (κ1) is 18.4. The van der Waals surface area contributed by atoms with Crippen LogP contribution in [-0.4, -0.2) is 18.2 Å². The molecule has 0 radical (unpaired) electrons. The number of hydrogen-bond acceptors (Lipinski definition) is 4. The maximum Gasteiger partial charge on any atom is 0.231 e. The maximum atomic E-state index is 11.6. The third-order valence-corrected chi connectivity index (χ3v) is 7.48. The molecular formula is C23H30O4. The minimum Gasteiger partial charge on any atom is -0.507 e. The number of aromatic hydroxyl groups is 1. The molecule has 146 valence electrons. The van der Waals surface area contributed by atoms with Gasteiger partial charge < -0.3 is 14.6 Å². The third-order valence-electron chi connectivity index (χ3n) is 7.48. The molecule has 0 saturated heterocycles. The van der Waals surface area contributed by atoms with Crippen molar-refractivity contribution in [1.82, 2.24) is 0 Å². The minimum atomic E-state index is 0.0374. The summed E-state index contributed by atoms with van der Waals surface area (Å²) in [7, 11) is 0. The summed E-state index contributed by atoms with van der Waals surface area (Å²) in [6.45, 7) is 9.57. The van der Waals surface area contributed by atoms with Crippen LogP contribution in [0.15, 0.2) is 17.2 Å². The maximum absolute atomic E-state index is 11.6. The van der Waals surface area contributed by atoms with Gasteiger partial charge in [-0.1, -0.05) is 38.3 Å². The minimum absolute atomic E-state index is 0.0374. The molecule has 0 unspecified atom stereocenters. The highest BCUT2D eigenvalue weighted by Crippen LogP contribution is 2.60. The van der Waals surface area contributed by atoms with Crippen molar-refractivity contribution in [3.05, 3.63) is 28.3 Å². The monoisotopic (exact) mass is 370 g/mol. The van der Waals surface area contributed by atoms with Crippen molar-refractivity contribution in [3.8, 4) is 17.2 Å². The lowest BCUT2D eigenvalue weighted by Crippen LogP contribution is -2.45. The summed E-state index contributed by atoms with van der Waals surface area (Å²) in [6, 6.07) is 1.85. The molecule has 2 aliphatic carbocycles. The van der Waals surface area contributed by atoms with Crippen molar-refractivity contribution < 1.29 is 19.4 Å². The fourth-order valence-corrected chi connectivity index (χ4v) is 6.09. The first-order valence-electron chi connectivity index (χ1n) is 10.1. The van der Waals surface area contributed by atoms with Crippen molar-refractivity contribution in [3.63, 3.8) is 0 Å².